The van der Waals surface area contributed by atoms with Gasteiger partial charge < -0.3 is 10.1 Å². The molecule has 0 spiro atoms. The SMILES string of the molecule is CC1C=C(c2ccccc2)C2=C(C1)C1(C)CC=CC(c3ccc(Nc4ccc(C=NCc5ccccc5)cc4)c(-c4ccccc4)c3)=C1O2. The standard InChI is InChI=1S/C46H40N2O/c1-32-27-41(36-17-10-5-11-18-36)44-42(28-32)46(2)26-12-19-39(45(46)49-44)37-22-25-43(40(29-37)35-15-8-4-9-16-35)48-38-23-20-34(21-24-38)31-47-30-33-13-6-3-7-14-33/h3-25,27,29,31-32,48H,26,28,30H2,1-2H3. The first-order valence-corrected chi connectivity index (χ1v) is 17.3. The van der Waals surface area contributed by atoms with Gasteiger partial charge in [0.15, 0.2) is 0 Å². The molecule has 3 heteroatoms. The summed E-state index contributed by atoms with van der Waals surface area (Å²) in [5.41, 5.74) is 12.7. The maximum atomic E-state index is 7.00. The van der Waals surface area contributed by atoms with Gasteiger partial charge in [0.1, 0.15) is 11.5 Å². The van der Waals surface area contributed by atoms with E-state index in [1.807, 2.05) is 24.4 Å². The molecule has 1 N–H and O–H groups in total. The summed E-state index contributed by atoms with van der Waals surface area (Å²) in [7, 11) is 0. The highest BCUT2D eigenvalue weighted by Crippen LogP contribution is 2.58. The van der Waals surface area contributed by atoms with Crippen LogP contribution in [0.5, 0.6) is 0 Å². The van der Waals surface area contributed by atoms with Crippen molar-refractivity contribution in [2.24, 2.45) is 16.3 Å². The van der Waals surface area contributed by atoms with Crippen molar-refractivity contribution in [2.45, 2.75) is 33.2 Å². The average Bonchev–Trinajstić information content (AvgIpc) is 3.45. The molecule has 1 heterocycles. The second-order valence-electron chi connectivity index (χ2n) is 13.5. The minimum atomic E-state index is -0.169. The van der Waals surface area contributed by atoms with Gasteiger partial charge in [0.25, 0.3) is 0 Å². The van der Waals surface area contributed by atoms with Crippen molar-refractivity contribution in [2.75, 3.05) is 5.32 Å². The maximum Gasteiger partial charge on any atom is 0.134 e. The van der Waals surface area contributed by atoms with Crippen LogP contribution in [0.15, 0.2) is 174 Å². The second kappa shape index (κ2) is 13.1. The summed E-state index contributed by atoms with van der Waals surface area (Å²) in [5.74, 6) is 2.58. The lowest BCUT2D eigenvalue weighted by atomic mass is 9.69. The van der Waals surface area contributed by atoms with Gasteiger partial charge in [0, 0.05) is 34.3 Å². The third-order valence-corrected chi connectivity index (χ3v) is 9.97. The van der Waals surface area contributed by atoms with Crippen molar-refractivity contribution >= 4 is 28.7 Å². The third kappa shape index (κ3) is 6.09. The number of hydrogen-bond acceptors (Lipinski definition) is 3. The molecule has 0 amide bonds. The van der Waals surface area contributed by atoms with E-state index in [1.54, 1.807) is 0 Å². The Bertz CT molecular complexity index is 2140. The number of fused-ring (bicyclic) bond motifs is 2. The Kier molecular flexibility index (Phi) is 8.19. The highest BCUT2D eigenvalue weighted by molar-refractivity contribution is 5.89. The van der Waals surface area contributed by atoms with Gasteiger partial charge in [-0.05, 0) is 83.3 Å². The van der Waals surface area contributed by atoms with Crippen LogP contribution in [0.2, 0.25) is 0 Å². The summed E-state index contributed by atoms with van der Waals surface area (Å²) in [5, 5.41) is 3.71. The van der Waals surface area contributed by atoms with Crippen LogP contribution in [0, 0.1) is 11.3 Å². The summed E-state index contributed by atoms with van der Waals surface area (Å²) in [6.07, 6.45) is 10.9. The smallest absolute Gasteiger partial charge is 0.134 e. The van der Waals surface area contributed by atoms with Gasteiger partial charge in [-0.1, -0.05) is 134 Å². The van der Waals surface area contributed by atoms with E-state index in [0.717, 1.165) is 63.6 Å². The van der Waals surface area contributed by atoms with Crippen LogP contribution in [-0.2, 0) is 11.3 Å². The molecule has 2 unspecified atom stereocenters. The number of ether oxygens (including phenoxy) is 1. The Balaban J connectivity index is 1.11. The molecule has 0 fully saturated rings. The quantitative estimate of drug-likeness (QED) is 0.172. The van der Waals surface area contributed by atoms with Crippen molar-refractivity contribution in [1.29, 1.82) is 0 Å². The van der Waals surface area contributed by atoms with Crippen LogP contribution in [0.25, 0.3) is 22.3 Å². The van der Waals surface area contributed by atoms with Gasteiger partial charge in [-0.2, -0.15) is 0 Å². The molecule has 3 nitrogen and oxygen atoms in total. The fourth-order valence-corrected chi connectivity index (χ4v) is 7.39. The van der Waals surface area contributed by atoms with Crippen LogP contribution >= 0.6 is 0 Å². The number of nitrogens with one attached hydrogen (secondary N) is 1. The third-order valence-electron chi connectivity index (χ3n) is 9.97. The molecule has 0 saturated carbocycles. The normalized spacial score (nSPS) is 19.8. The zero-order chi connectivity index (χ0) is 33.2. The predicted molar refractivity (Wildman–Crippen MR) is 204 cm³/mol. The van der Waals surface area contributed by atoms with E-state index in [2.05, 4.69) is 158 Å². The fourth-order valence-electron chi connectivity index (χ4n) is 7.39. The van der Waals surface area contributed by atoms with E-state index >= 15 is 0 Å². The Morgan fingerprint density at radius 1 is 0.796 bits per heavy atom. The average molecular weight is 637 g/mol. The summed E-state index contributed by atoms with van der Waals surface area (Å²) in [4.78, 5) is 4.64. The van der Waals surface area contributed by atoms with E-state index in [0.29, 0.717) is 12.5 Å². The van der Waals surface area contributed by atoms with Gasteiger partial charge in [-0.25, -0.2) is 0 Å². The molecule has 49 heavy (non-hydrogen) atoms. The molecule has 8 rings (SSSR count). The van der Waals surface area contributed by atoms with Gasteiger partial charge in [0.05, 0.1) is 12.0 Å². The monoisotopic (exact) mass is 636 g/mol. The highest BCUT2D eigenvalue weighted by Gasteiger charge is 2.47. The van der Waals surface area contributed by atoms with Crippen LogP contribution < -0.4 is 5.32 Å². The first kappa shape index (κ1) is 30.7. The van der Waals surface area contributed by atoms with E-state index in [9.17, 15) is 0 Å². The van der Waals surface area contributed by atoms with Crippen LogP contribution in [0.3, 0.4) is 0 Å². The summed E-state index contributed by atoms with van der Waals surface area (Å²) < 4.78 is 7.00. The molecule has 1 aliphatic heterocycles. The summed E-state index contributed by atoms with van der Waals surface area (Å²) in [6.45, 7) is 5.37. The lowest BCUT2D eigenvalue weighted by Crippen LogP contribution is -2.22. The highest BCUT2D eigenvalue weighted by atomic mass is 16.5. The first-order valence-electron chi connectivity index (χ1n) is 17.3. The molecule has 2 aliphatic carbocycles. The Morgan fingerprint density at radius 3 is 2.22 bits per heavy atom. The Hall–Kier alpha value is -5.67. The van der Waals surface area contributed by atoms with Gasteiger partial charge in [-0.3, -0.25) is 4.99 Å². The zero-order valence-corrected chi connectivity index (χ0v) is 28.1. The minimum absolute atomic E-state index is 0.169. The van der Waals surface area contributed by atoms with Crippen molar-refractivity contribution in [3.8, 4) is 11.1 Å². The number of benzene rings is 5. The molecular weight excluding hydrogens is 597 g/mol. The lowest BCUT2D eigenvalue weighted by molar-refractivity contribution is 0.280. The van der Waals surface area contributed by atoms with E-state index in [1.165, 1.54) is 22.3 Å². The van der Waals surface area contributed by atoms with Crippen molar-refractivity contribution in [3.63, 3.8) is 0 Å². The van der Waals surface area contributed by atoms with Crippen molar-refractivity contribution in [3.05, 3.63) is 191 Å². The number of rotatable bonds is 8. The van der Waals surface area contributed by atoms with E-state index in [4.69, 9.17) is 4.74 Å². The molecule has 0 aromatic heterocycles. The maximum absolute atomic E-state index is 7.00. The number of hydrogen-bond donors (Lipinski definition) is 1. The summed E-state index contributed by atoms with van der Waals surface area (Å²) >= 11 is 0. The fraction of sp³-hybridized carbons (Fsp3) is 0.152. The lowest BCUT2D eigenvalue weighted by Gasteiger charge is -2.32. The summed E-state index contributed by atoms with van der Waals surface area (Å²) in [6, 6.07) is 46.9. The molecule has 2 atom stereocenters. The molecule has 3 aliphatic rings. The number of aliphatic imine (C=N–C) groups is 1. The van der Waals surface area contributed by atoms with Gasteiger partial charge in [0.2, 0.25) is 0 Å². The van der Waals surface area contributed by atoms with Gasteiger partial charge in [-0.15, -0.1) is 0 Å². The molecular formula is C46H40N2O. The molecule has 5 aromatic rings. The van der Waals surface area contributed by atoms with Gasteiger partial charge >= 0.3 is 0 Å². The minimum Gasteiger partial charge on any atom is -0.460 e. The number of allylic oxidation sites excluding steroid dienone is 6. The molecule has 0 saturated heterocycles. The Morgan fingerprint density at radius 2 is 1.49 bits per heavy atom. The molecule has 5 aromatic carbocycles. The predicted octanol–water partition coefficient (Wildman–Crippen LogP) is 11.8. The molecule has 240 valence electrons. The van der Waals surface area contributed by atoms with Crippen LogP contribution in [0.4, 0.5) is 11.4 Å². The number of anilines is 2. The number of nitrogens with zero attached hydrogens (tertiary/aromatic N) is 1. The van der Waals surface area contributed by atoms with Crippen molar-refractivity contribution in [1.82, 2.24) is 0 Å². The molecule has 0 radical (unpaired) electrons. The van der Waals surface area contributed by atoms with Crippen molar-refractivity contribution < 1.29 is 4.74 Å². The Labute approximate surface area is 289 Å². The van der Waals surface area contributed by atoms with Crippen LogP contribution in [-0.4, -0.2) is 6.21 Å². The van der Waals surface area contributed by atoms with Crippen LogP contribution in [0.1, 0.15) is 48.9 Å². The first-order chi connectivity index (χ1) is 24.0. The topological polar surface area (TPSA) is 33.6 Å². The second-order valence-corrected chi connectivity index (χ2v) is 13.5. The van der Waals surface area contributed by atoms with E-state index < -0.39 is 0 Å². The zero-order valence-electron chi connectivity index (χ0n) is 28.1. The van der Waals surface area contributed by atoms with E-state index in [-0.39, 0.29) is 5.41 Å². The largest absolute Gasteiger partial charge is 0.460 e. The molecule has 0 bridgehead atoms.